The third-order valence-electron chi connectivity index (χ3n) is 2.30. The second-order valence-corrected chi connectivity index (χ2v) is 4.43. The fraction of sp³-hybridized carbons (Fsp3) is 0.417. The number of hydrogen-bond donors (Lipinski definition) is 1. The van der Waals surface area contributed by atoms with Crippen molar-refractivity contribution < 1.29 is 9.18 Å². The Morgan fingerprint density at radius 2 is 2.25 bits per heavy atom. The summed E-state index contributed by atoms with van der Waals surface area (Å²) in [5, 5.41) is 2.99. The molecule has 1 aromatic carbocycles. The van der Waals surface area contributed by atoms with Gasteiger partial charge in [0, 0.05) is 12.8 Å². The minimum Gasteiger partial charge on any atom is -0.320 e. The summed E-state index contributed by atoms with van der Waals surface area (Å²) in [7, 11) is 1.85. The maximum Gasteiger partial charge on any atom is 0.137 e. The van der Waals surface area contributed by atoms with E-state index in [2.05, 4.69) is 21.2 Å². The largest absolute Gasteiger partial charge is 0.320 e. The number of benzene rings is 1. The molecule has 16 heavy (non-hydrogen) atoms. The number of carbonyl (C=O) groups is 1. The molecule has 0 bridgehead atoms. The van der Waals surface area contributed by atoms with E-state index < -0.39 is 0 Å². The van der Waals surface area contributed by atoms with Crippen molar-refractivity contribution in [3.63, 3.8) is 0 Å². The zero-order valence-electron chi connectivity index (χ0n) is 9.22. The number of nitrogens with one attached hydrogen (secondary N) is 1. The van der Waals surface area contributed by atoms with Gasteiger partial charge in [0.1, 0.15) is 11.6 Å². The quantitative estimate of drug-likeness (QED) is 0.815. The molecule has 0 aliphatic rings. The number of carbonyl (C=O) groups excluding carboxylic acids is 1. The van der Waals surface area contributed by atoms with E-state index in [0.29, 0.717) is 17.3 Å². The molecule has 0 heterocycles. The molecule has 0 radical (unpaired) electrons. The van der Waals surface area contributed by atoms with Gasteiger partial charge >= 0.3 is 0 Å². The first-order valence-electron chi connectivity index (χ1n) is 5.24. The zero-order valence-corrected chi connectivity index (χ0v) is 10.8. The topological polar surface area (TPSA) is 29.1 Å². The van der Waals surface area contributed by atoms with Crippen molar-refractivity contribution in [2.75, 3.05) is 13.6 Å². The first kappa shape index (κ1) is 13.3. The minimum atomic E-state index is -0.319. The zero-order chi connectivity index (χ0) is 12.0. The van der Waals surface area contributed by atoms with Crippen LogP contribution in [0.1, 0.15) is 18.4 Å². The normalized spacial score (nSPS) is 10.4. The van der Waals surface area contributed by atoms with E-state index in [9.17, 15) is 9.18 Å². The average molecular weight is 288 g/mol. The minimum absolute atomic E-state index is 0.140. The Morgan fingerprint density at radius 3 is 2.94 bits per heavy atom. The second-order valence-electron chi connectivity index (χ2n) is 3.64. The SMILES string of the molecule is CNCCCC(=O)Cc1cccc(F)c1Br. The van der Waals surface area contributed by atoms with Gasteiger partial charge in [-0.3, -0.25) is 4.79 Å². The van der Waals surface area contributed by atoms with Gasteiger partial charge in [0.25, 0.3) is 0 Å². The predicted octanol–water partition coefficient (Wildman–Crippen LogP) is 2.70. The van der Waals surface area contributed by atoms with Crippen LogP contribution in [0.5, 0.6) is 0 Å². The molecule has 88 valence electrons. The van der Waals surface area contributed by atoms with Crippen molar-refractivity contribution in [3.8, 4) is 0 Å². The van der Waals surface area contributed by atoms with Gasteiger partial charge in [-0.15, -0.1) is 0 Å². The van der Waals surface area contributed by atoms with Crippen LogP contribution in [0.15, 0.2) is 22.7 Å². The Hall–Kier alpha value is -0.740. The monoisotopic (exact) mass is 287 g/mol. The molecule has 0 spiro atoms. The summed E-state index contributed by atoms with van der Waals surface area (Å²) in [5.74, 6) is -0.179. The summed E-state index contributed by atoms with van der Waals surface area (Å²) in [6.45, 7) is 0.829. The molecule has 0 atom stereocenters. The summed E-state index contributed by atoms with van der Waals surface area (Å²) in [4.78, 5) is 11.6. The number of hydrogen-bond acceptors (Lipinski definition) is 2. The molecule has 0 aromatic heterocycles. The molecule has 0 aliphatic carbocycles. The molecule has 0 amide bonds. The van der Waals surface area contributed by atoms with Crippen LogP contribution >= 0.6 is 15.9 Å². The highest BCUT2D eigenvalue weighted by Crippen LogP contribution is 2.21. The molecule has 1 aromatic rings. The first-order chi connectivity index (χ1) is 7.65. The van der Waals surface area contributed by atoms with Gasteiger partial charge in [0.15, 0.2) is 0 Å². The highest BCUT2D eigenvalue weighted by Gasteiger charge is 2.09. The van der Waals surface area contributed by atoms with Crippen LogP contribution in [-0.4, -0.2) is 19.4 Å². The standard InChI is InChI=1S/C12H15BrFNO/c1-15-7-3-5-10(16)8-9-4-2-6-11(14)12(9)13/h2,4,6,15H,3,5,7-8H2,1H3. The van der Waals surface area contributed by atoms with Crippen molar-refractivity contribution in [2.24, 2.45) is 0 Å². The van der Waals surface area contributed by atoms with E-state index in [0.717, 1.165) is 18.5 Å². The van der Waals surface area contributed by atoms with Gasteiger partial charge in [-0.1, -0.05) is 12.1 Å². The Labute approximate surface area is 103 Å². The molecule has 0 aliphatic heterocycles. The summed E-state index contributed by atoms with van der Waals surface area (Å²) in [6, 6.07) is 4.76. The van der Waals surface area contributed by atoms with Crippen LogP contribution in [0.4, 0.5) is 4.39 Å². The average Bonchev–Trinajstić information content (AvgIpc) is 2.25. The number of Topliss-reactive ketones (excluding diaryl/α,β-unsaturated/α-hetero) is 1. The molecule has 0 fully saturated rings. The summed E-state index contributed by atoms with van der Waals surface area (Å²) >= 11 is 3.15. The van der Waals surface area contributed by atoms with Gasteiger partial charge in [0.05, 0.1) is 4.47 Å². The van der Waals surface area contributed by atoms with Gasteiger partial charge in [0.2, 0.25) is 0 Å². The lowest BCUT2D eigenvalue weighted by Gasteiger charge is -2.04. The first-order valence-corrected chi connectivity index (χ1v) is 6.03. The van der Waals surface area contributed by atoms with E-state index in [4.69, 9.17) is 0 Å². The van der Waals surface area contributed by atoms with Crippen molar-refractivity contribution in [3.05, 3.63) is 34.1 Å². The molecular formula is C12H15BrFNO. The summed E-state index contributed by atoms with van der Waals surface area (Å²) < 4.78 is 13.6. The third kappa shape index (κ3) is 4.02. The van der Waals surface area contributed by atoms with Crippen molar-refractivity contribution in [1.29, 1.82) is 0 Å². The van der Waals surface area contributed by atoms with Crippen molar-refractivity contribution in [2.45, 2.75) is 19.3 Å². The second kappa shape index (κ2) is 6.76. The number of rotatable bonds is 6. The molecule has 1 rings (SSSR count). The Bertz CT molecular complexity index is 368. The van der Waals surface area contributed by atoms with Gasteiger partial charge in [-0.25, -0.2) is 4.39 Å². The van der Waals surface area contributed by atoms with Crippen molar-refractivity contribution >= 4 is 21.7 Å². The van der Waals surface area contributed by atoms with Crippen molar-refractivity contribution in [1.82, 2.24) is 5.32 Å². The lowest BCUT2D eigenvalue weighted by molar-refractivity contribution is -0.118. The van der Waals surface area contributed by atoms with Crippen LogP contribution in [0, 0.1) is 5.82 Å². The van der Waals surface area contributed by atoms with E-state index in [-0.39, 0.29) is 11.6 Å². The molecule has 4 heteroatoms. The van der Waals surface area contributed by atoms with Gasteiger partial charge < -0.3 is 5.32 Å². The Morgan fingerprint density at radius 1 is 1.50 bits per heavy atom. The molecular weight excluding hydrogens is 273 g/mol. The highest BCUT2D eigenvalue weighted by molar-refractivity contribution is 9.10. The van der Waals surface area contributed by atoms with Crippen LogP contribution < -0.4 is 5.32 Å². The highest BCUT2D eigenvalue weighted by atomic mass is 79.9. The molecule has 1 N–H and O–H groups in total. The lowest BCUT2D eigenvalue weighted by Crippen LogP contribution is -2.11. The Kier molecular flexibility index (Phi) is 5.63. The van der Waals surface area contributed by atoms with Gasteiger partial charge in [-0.2, -0.15) is 0 Å². The van der Waals surface area contributed by atoms with E-state index in [1.807, 2.05) is 7.05 Å². The smallest absolute Gasteiger partial charge is 0.137 e. The number of ketones is 1. The maximum absolute atomic E-state index is 13.2. The third-order valence-corrected chi connectivity index (χ3v) is 3.19. The van der Waals surface area contributed by atoms with Crippen LogP contribution in [0.3, 0.4) is 0 Å². The summed E-state index contributed by atoms with van der Waals surface area (Å²) in [5.41, 5.74) is 0.717. The van der Waals surface area contributed by atoms with E-state index in [1.165, 1.54) is 6.07 Å². The predicted molar refractivity (Wildman–Crippen MR) is 66.0 cm³/mol. The van der Waals surface area contributed by atoms with Crippen LogP contribution in [0.2, 0.25) is 0 Å². The lowest BCUT2D eigenvalue weighted by atomic mass is 10.1. The van der Waals surface area contributed by atoms with Crippen LogP contribution in [0.25, 0.3) is 0 Å². The Balaban J connectivity index is 2.53. The fourth-order valence-corrected chi connectivity index (χ4v) is 1.85. The van der Waals surface area contributed by atoms with Crippen LogP contribution in [-0.2, 0) is 11.2 Å². The molecule has 0 saturated carbocycles. The number of halogens is 2. The molecule has 0 saturated heterocycles. The van der Waals surface area contributed by atoms with E-state index in [1.54, 1.807) is 12.1 Å². The molecule has 0 unspecified atom stereocenters. The fourth-order valence-electron chi connectivity index (χ4n) is 1.45. The molecule has 2 nitrogen and oxygen atoms in total. The summed E-state index contributed by atoms with van der Waals surface area (Å²) in [6.07, 6.45) is 1.65. The van der Waals surface area contributed by atoms with E-state index >= 15 is 0 Å². The maximum atomic E-state index is 13.2. The van der Waals surface area contributed by atoms with Gasteiger partial charge in [-0.05, 0) is 47.6 Å².